The quantitative estimate of drug-likeness (QED) is 0.467. The van der Waals surface area contributed by atoms with E-state index in [1.54, 1.807) is 0 Å². The van der Waals surface area contributed by atoms with Crippen LogP contribution in [0.4, 0.5) is 0 Å². The molecule has 3 heterocycles. The molecule has 7 nitrogen and oxygen atoms in total. The highest BCUT2D eigenvalue weighted by Crippen LogP contribution is 2.29. The van der Waals surface area contributed by atoms with Crippen LogP contribution in [0.25, 0.3) is 22.4 Å². The van der Waals surface area contributed by atoms with Gasteiger partial charge in [-0.3, -0.25) is 5.10 Å². The van der Waals surface area contributed by atoms with Crippen molar-refractivity contribution in [1.82, 2.24) is 29.9 Å². The number of nitrogens with one attached hydrogen (secondary N) is 1. The largest absolute Gasteiger partial charge is 0.338 e. The molecule has 0 bridgehead atoms. The second-order valence-corrected chi connectivity index (χ2v) is 7.59. The van der Waals surface area contributed by atoms with E-state index in [0.717, 1.165) is 45.7 Å². The van der Waals surface area contributed by atoms with Gasteiger partial charge in [-0.15, -0.1) is 0 Å². The zero-order valence-corrected chi connectivity index (χ0v) is 17.1. The first-order chi connectivity index (χ1) is 14.6. The number of rotatable bonds is 5. The van der Waals surface area contributed by atoms with E-state index in [4.69, 9.17) is 4.52 Å². The Morgan fingerprint density at radius 1 is 1.10 bits per heavy atom. The number of nitrogens with zero attached hydrogens (tertiary/aromatic N) is 5. The Kier molecular flexibility index (Phi) is 4.43. The molecule has 0 aliphatic rings. The van der Waals surface area contributed by atoms with Gasteiger partial charge in [0.15, 0.2) is 0 Å². The minimum Gasteiger partial charge on any atom is -0.338 e. The molecule has 0 aliphatic carbocycles. The summed E-state index contributed by atoms with van der Waals surface area (Å²) in [4.78, 5) is 9.14. The molecule has 0 unspecified atom stereocenters. The van der Waals surface area contributed by atoms with Gasteiger partial charge in [0.25, 0.3) is 0 Å². The Balaban J connectivity index is 1.42. The maximum absolute atomic E-state index is 5.60. The van der Waals surface area contributed by atoms with Crippen molar-refractivity contribution in [3.63, 3.8) is 0 Å². The second-order valence-electron chi connectivity index (χ2n) is 7.59. The monoisotopic (exact) mass is 398 g/mol. The van der Waals surface area contributed by atoms with Gasteiger partial charge in [0.2, 0.25) is 11.7 Å². The van der Waals surface area contributed by atoms with Gasteiger partial charge in [-0.05, 0) is 44.5 Å². The average molecular weight is 398 g/mol. The number of H-pyrrole nitrogens is 1. The van der Waals surface area contributed by atoms with Crippen molar-refractivity contribution in [3.8, 4) is 11.4 Å². The van der Waals surface area contributed by atoms with Crippen LogP contribution >= 0.6 is 0 Å². The molecule has 5 aromatic rings. The van der Waals surface area contributed by atoms with Crippen LogP contribution in [0.5, 0.6) is 0 Å². The standard InChI is InChI=1S/C23H22N6O/c1-14(21-15(2)26-27-16(21)3)23-25-22(28-30-23)18-8-6-7-17(11-18)12-29-13-24-19-9-4-5-10-20(19)29/h4-11,13-14H,12H2,1-3H3,(H,26,27)/t14-/m1/s1. The maximum atomic E-state index is 5.60. The Bertz CT molecular complexity index is 1310. The predicted octanol–water partition coefficient (Wildman–Crippen LogP) is 4.63. The molecule has 30 heavy (non-hydrogen) atoms. The summed E-state index contributed by atoms with van der Waals surface area (Å²) in [5.41, 5.74) is 7.27. The zero-order valence-electron chi connectivity index (χ0n) is 17.1. The van der Waals surface area contributed by atoms with Crippen molar-refractivity contribution < 1.29 is 4.52 Å². The van der Waals surface area contributed by atoms with E-state index in [1.165, 1.54) is 0 Å². The summed E-state index contributed by atoms with van der Waals surface area (Å²) in [6, 6.07) is 16.4. The molecule has 0 aliphatic heterocycles. The number of hydrogen-bond acceptors (Lipinski definition) is 5. The molecule has 0 radical (unpaired) electrons. The number of fused-ring (bicyclic) bond motifs is 1. The molecule has 0 saturated heterocycles. The minimum absolute atomic E-state index is 0.0227. The van der Waals surface area contributed by atoms with Gasteiger partial charge in [0.05, 0.1) is 29.0 Å². The number of aromatic nitrogens is 6. The van der Waals surface area contributed by atoms with E-state index in [1.807, 2.05) is 50.5 Å². The Hall–Kier alpha value is -3.74. The normalized spacial score (nSPS) is 12.5. The molecule has 7 heteroatoms. The van der Waals surface area contributed by atoms with Gasteiger partial charge in [-0.2, -0.15) is 10.1 Å². The first-order valence-electron chi connectivity index (χ1n) is 9.94. The Morgan fingerprint density at radius 3 is 2.80 bits per heavy atom. The van der Waals surface area contributed by atoms with Crippen LogP contribution in [0.15, 0.2) is 59.4 Å². The van der Waals surface area contributed by atoms with Crippen molar-refractivity contribution in [2.75, 3.05) is 0 Å². The van der Waals surface area contributed by atoms with Gasteiger partial charge in [0, 0.05) is 23.4 Å². The van der Waals surface area contributed by atoms with Crippen molar-refractivity contribution in [2.45, 2.75) is 33.2 Å². The first-order valence-corrected chi connectivity index (χ1v) is 9.94. The Labute approximate surface area is 173 Å². The summed E-state index contributed by atoms with van der Waals surface area (Å²) >= 11 is 0. The van der Waals surface area contributed by atoms with Crippen molar-refractivity contribution in [3.05, 3.63) is 83.3 Å². The molecular formula is C23H22N6O. The number of aryl methyl sites for hydroxylation is 2. The molecule has 2 aromatic carbocycles. The van der Waals surface area contributed by atoms with Crippen LogP contribution in [0, 0.1) is 13.8 Å². The average Bonchev–Trinajstić information content (AvgIpc) is 3.48. The molecule has 0 fully saturated rings. The smallest absolute Gasteiger partial charge is 0.234 e. The summed E-state index contributed by atoms with van der Waals surface area (Å²) in [7, 11) is 0. The highest BCUT2D eigenvalue weighted by atomic mass is 16.5. The molecule has 0 saturated carbocycles. The molecule has 0 amide bonds. The molecule has 0 spiro atoms. The van der Waals surface area contributed by atoms with Crippen molar-refractivity contribution >= 4 is 11.0 Å². The molecule has 1 N–H and O–H groups in total. The van der Waals surface area contributed by atoms with Gasteiger partial charge < -0.3 is 9.09 Å². The zero-order chi connectivity index (χ0) is 20.7. The maximum Gasteiger partial charge on any atom is 0.234 e. The lowest BCUT2D eigenvalue weighted by molar-refractivity contribution is 0.370. The van der Waals surface area contributed by atoms with Crippen LogP contribution in [-0.4, -0.2) is 29.9 Å². The van der Waals surface area contributed by atoms with Gasteiger partial charge in [-0.1, -0.05) is 35.5 Å². The van der Waals surface area contributed by atoms with E-state index in [9.17, 15) is 0 Å². The SMILES string of the molecule is Cc1n[nH]c(C)c1[C@@H](C)c1nc(-c2cccc(Cn3cnc4ccccc43)c2)no1. The van der Waals surface area contributed by atoms with Crippen molar-refractivity contribution in [1.29, 1.82) is 0 Å². The molecule has 1 atom stereocenters. The van der Waals surface area contributed by atoms with Crippen LogP contribution in [0.1, 0.15) is 41.2 Å². The molecule has 5 rings (SSSR count). The summed E-state index contributed by atoms with van der Waals surface area (Å²) in [5.74, 6) is 1.15. The molecule has 3 aromatic heterocycles. The summed E-state index contributed by atoms with van der Waals surface area (Å²) in [6.45, 7) is 6.77. The van der Waals surface area contributed by atoms with E-state index in [0.29, 0.717) is 11.7 Å². The number of benzene rings is 2. The Morgan fingerprint density at radius 2 is 1.97 bits per heavy atom. The lowest BCUT2D eigenvalue weighted by Crippen LogP contribution is -2.00. The number of imidazole rings is 1. The van der Waals surface area contributed by atoms with Gasteiger partial charge >= 0.3 is 0 Å². The number of hydrogen-bond donors (Lipinski definition) is 1. The van der Waals surface area contributed by atoms with Crippen LogP contribution in [0.2, 0.25) is 0 Å². The van der Waals surface area contributed by atoms with Crippen LogP contribution in [0.3, 0.4) is 0 Å². The van der Waals surface area contributed by atoms with Crippen molar-refractivity contribution in [2.24, 2.45) is 0 Å². The van der Waals surface area contributed by atoms with E-state index >= 15 is 0 Å². The van der Waals surface area contributed by atoms with E-state index < -0.39 is 0 Å². The van der Waals surface area contributed by atoms with Gasteiger partial charge in [-0.25, -0.2) is 4.98 Å². The fraction of sp³-hybridized carbons (Fsp3) is 0.217. The molecular weight excluding hydrogens is 376 g/mol. The number of aromatic amines is 1. The van der Waals surface area contributed by atoms with Crippen LogP contribution in [-0.2, 0) is 6.54 Å². The fourth-order valence-electron chi connectivity index (χ4n) is 3.99. The molecule has 150 valence electrons. The highest BCUT2D eigenvalue weighted by molar-refractivity contribution is 5.75. The number of para-hydroxylation sites is 2. The summed E-state index contributed by atoms with van der Waals surface area (Å²) in [5, 5.41) is 11.5. The lowest BCUT2D eigenvalue weighted by Gasteiger charge is -2.06. The fourth-order valence-corrected chi connectivity index (χ4v) is 3.99. The second kappa shape index (κ2) is 7.26. The third-order valence-corrected chi connectivity index (χ3v) is 5.50. The summed E-state index contributed by atoms with van der Waals surface area (Å²) in [6.07, 6.45) is 1.88. The minimum atomic E-state index is -0.0227. The van der Waals surface area contributed by atoms with Gasteiger partial charge in [0.1, 0.15) is 0 Å². The highest BCUT2D eigenvalue weighted by Gasteiger charge is 2.22. The van der Waals surface area contributed by atoms with E-state index in [-0.39, 0.29) is 5.92 Å². The lowest BCUT2D eigenvalue weighted by atomic mass is 9.99. The topological polar surface area (TPSA) is 85.4 Å². The van der Waals surface area contributed by atoms with E-state index in [2.05, 4.69) is 55.0 Å². The third-order valence-electron chi connectivity index (χ3n) is 5.50. The first kappa shape index (κ1) is 18.3. The summed E-state index contributed by atoms with van der Waals surface area (Å²) < 4.78 is 7.74. The predicted molar refractivity (Wildman–Crippen MR) is 114 cm³/mol. The third kappa shape index (κ3) is 3.18. The van der Waals surface area contributed by atoms with Crippen LogP contribution < -0.4 is 0 Å².